The predicted octanol–water partition coefficient (Wildman–Crippen LogP) is 3.72. The number of benzene rings is 2. The maximum Gasteiger partial charge on any atom is 0.223 e. The summed E-state index contributed by atoms with van der Waals surface area (Å²) in [7, 11) is 1.77. The van der Waals surface area contributed by atoms with Gasteiger partial charge in [0.25, 0.3) is 0 Å². The number of hydrogen-bond donors (Lipinski definition) is 1. The standard InChI is InChI=1S/C19H21NO/c1-20-19(21)18-16-9-8-15(11-16)17(18)14-7-6-12-4-2-3-5-13(12)10-14/h2-7,10,15-18H,8-9,11H2,1H3,(H,20,21)/t15-,16-,17-,18-/m0/s1. The van der Waals surface area contributed by atoms with Gasteiger partial charge in [0.05, 0.1) is 0 Å². The molecular weight excluding hydrogens is 258 g/mol. The Morgan fingerprint density at radius 2 is 1.81 bits per heavy atom. The van der Waals surface area contributed by atoms with Crippen LogP contribution in [0.4, 0.5) is 0 Å². The normalized spacial score (nSPS) is 30.7. The molecule has 4 rings (SSSR count). The lowest BCUT2D eigenvalue weighted by Crippen LogP contribution is -2.35. The van der Waals surface area contributed by atoms with Crippen molar-refractivity contribution in [2.24, 2.45) is 17.8 Å². The Kier molecular flexibility index (Phi) is 2.99. The first-order valence-electron chi connectivity index (χ1n) is 7.98. The minimum absolute atomic E-state index is 0.176. The van der Waals surface area contributed by atoms with Crippen molar-refractivity contribution >= 4 is 16.7 Å². The molecule has 2 aromatic carbocycles. The van der Waals surface area contributed by atoms with Gasteiger partial charge in [0.1, 0.15) is 0 Å². The molecule has 2 aliphatic carbocycles. The van der Waals surface area contributed by atoms with Gasteiger partial charge in [-0.05, 0) is 53.4 Å². The first-order valence-corrected chi connectivity index (χ1v) is 7.98. The quantitative estimate of drug-likeness (QED) is 0.892. The highest BCUT2D eigenvalue weighted by molar-refractivity contribution is 5.84. The molecule has 2 nitrogen and oxygen atoms in total. The molecule has 2 fully saturated rings. The molecule has 0 unspecified atom stereocenters. The van der Waals surface area contributed by atoms with Gasteiger partial charge in [0.2, 0.25) is 5.91 Å². The van der Waals surface area contributed by atoms with Crippen molar-refractivity contribution < 1.29 is 4.79 Å². The molecule has 0 saturated heterocycles. The molecule has 2 bridgehead atoms. The van der Waals surface area contributed by atoms with Crippen molar-refractivity contribution in [2.75, 3.05) is 7.05 Å². The third-order valence-electron chi connectivity index (χ3n) is 5.62. The first-order chi connectivity index (χ1) is 10.3. The highest BCUT2D eigenvalue weighted by atomic mass is 16.1. The summed E-state index contributed by atoms with van der Waals surface area (Å²) in [5.41, 5.74) is 1.36. The lowest BCUT2D eigenvalue weighted by atomic mass is 9.74. The second-order valence-electron chi connectivity index (χ2n) is 6.61. The van der Waals surface area contributed by atoms with Crippen LogP contribution in [0.15, 0.2) is 42.5 Å². The van der Waals surface area contributed by atoms with Crippen molar-refractivity contribution in [2.45, 2.75) is 25.2 Å². The second kappa shape index (κ2) is 4.87. The number of nitrogens with one attached hydrogen (secondary N) is 1. The topological polar surface area (TPSA) is 29.1 Å². The fraction of sp³-hybridized carbons (Fsp3) is 0.421. The van der Waals surface area contributed by atoms with Crippen LogP contribution >= 0.6 is 0 Å². The van der Waals surface area contributed by atoms with Gasteiger partial charge < -0.3 is 5.32 Å². The fourth-order valence-corrected chi connectivity index (χ4v) is 4.73. The highest BCUT2D eigenvalue weighted by Gasteiger charge is 2.50. The highest BCUT2D eigenvalue weighted by Crippen LogP contribution is 2.56. The van der Waals surface area contributed by atoms with Crippen LogP contribution in [0.3, 0.4) is 0 Å². The van der Waals surface area contributed by atoms with Crippen LogP contribution in [0.25, 0.3) is 10.8 Å². The van der Waals surface area contributed by atoms with Crippen molar-refractivity contribution in [3.8, 4) is 0 Å². The lowest BCUT2D eigenvalue weighted by Gasteiger charge is -2.30. The predicted molar refractivity (Wildman–Crippen MR) is 85.1 cm³/mol. The van der Waals surface area contributed by atoms with Crippen LogP contribution in [0.1, 0.15) is 30.7 Å². The maximum absolute atomic E-state index is 12.3. The zero-order chi connectivity index (χ0) is 14.4. The summed E-state index contributed by atoms with van der Waals surface area (Å²) < 4.78 is 0. The Hall–Kier alpha value is -1.83. The van der Waals surface area contributed by atoms with Gasteiger partial charge in [0.15, 0.2) is 0 Å². The molecule has 2 aliphatic rings. The Morgan fingerprint density at radius 1 is 1.05 bits per heavy atom. The average molecular weight is 279 g/mol. The van der Waals surface area contributed by atoms with E-state index in [1.165, 1.54) is 35.6 Å². The second-order valence-corrected chi connectivity index (χ2v) is 6.61. The number of amides is 1. The molecule has 0 aliphatic heterocycles. The molecular formula is C19H21NO. The number of rotatable bonds is 2. The zero-order valence-corrected chi connectivity index (χ0v) is 12.4. The third-order valence-corrected chi connectivity index (χ3v) is 5.62. The summed E-state index contributed by atoms with van der Waals surface area (Å²) in [6.07, 6.45) is 3.75. The van der Waals surface area contributed by atoms with E-state index in [2.05, 4.69) is 47.8 Å². The van der Waals surface area contributed by atoms with Gasteiger partial charge >= 0.3 is 0 Å². The molecule has 2 saturated carbocycles. The largest absolute Gasteiger partial charge is 0.359 e. The summed E-state index contributed by atoms with van der Waals surface area (Å²) in [6, 6.07) is 15.2. The van der Waals surface area contributed by atoms with E-state index in [-0.39, 0.29) is 11.8 Å². The number of carbonyl (C=O) groups is 1. The Morgan fingerprint density at radius 3 is 2.62 bits per heavy atom. The summed E-state index contributed by atoms with van der Waals surface area (Å²) in [5.74, 6) is 2.11. The van der Waals surface area contributed by atoms with E-state index in [0.717, 1.165) is 0 Å². The molecule has 2 aromatic rings. The van der Waals surface area contributed by atoms with E-state index in [1.54, 1.807) is 7.05 Å². The molecule has 0 radical (unpaired) electrons. The Balaban J connectivity index is 1.77. The van der Waals surface area contributed by atoms with Crippen LogP contribution < -0.4 is 5.32 Å². The Labute approximate surface area is 125 Å². The van der Waals surface area contributed by atoms with Gasteiger partial charge in [-0.25, -0.2) is 0 Å². The van der Waals surface area contributed by atoms with Gasteiger partial charge in [-0.2, -0.15) is 0 Å². The summed E-state index contributed by atoms with van der Waals surface area (Å²) in [4.78, 5) is 12.3. The van der Waals surface area contributed by atoms with E-state index in [0.29, 0.717) is 17.8 Å². The van der Waals surface area contributed by atoms with Crippen molar-refractivity contribution in [3.05, 3.63) is 48.0 Å². The van der Waals surface area contributed by atoms with E-state index >= 15 is 0 Å². The van der Waals surface area contributed by atoms with Crippen molar-refractivity contribution in [1.82, 2.24) is 5.32 Å². The van der Waals surface area contributed by atoms with Crippen LogP contribution in [0.2, 0.25) is 0 Å². The van der Waals surface area contributed by atoms with Gasteiger partial charge in [-0.3, -0.25) is 4.79 Å². The molecule has 0 aromatic heterocycles. The van der Waals surface area contributed by atoms with Crippen LogP contribution in [-0.4, -0.2) is 13.0 Å². The number of carbonyl (C=O) groups excluding carboxylic acids is 1. The van der Waals surface area contributed by atoms with E-state index in [4.69, 9.17) is 0 Å². The molecule has 4 atom stereocenters. The van der Waals surface area contributed by atoms with Crippen LogP contribution in [0.5, 0.6) is 0 Å². The summed E-state index contributed by atoms with van der Waals surface area (Å²) >= 11 is 0. The van der Waals surface area contributed by atoms with Crippen LogP contribution in [-0.2, 0) is 4.79 Å². The van der Waals surface area contributed by atoms with E-state index < -0.39 is 0 Å². The van der Waals surface area contributed by atoms with Gasteiger partial charge in [-0.15, -0.1) is 0 Å². The van der Waals surface area contributed by atoms with Crippen molar-refractivity contribution in [1.29, 1.82) is 0 Å². The minimum Gasteiger partial charge on any atom is -0.359 e. The smallest absolute Gasteiger partial charge is 0.223 e. The third kappa shape index (κ3) is 1.97. The number of fused-ring (bicyclic) bond motifs is 3. The maximum atomic E-state index is 12.3. The fourth-order valence-electron chi connectivity index (χ4n) is 4.73. The molecule has 2 heteroatoms. The number of hydrogen-bond acceptors (Lipinski definition) is 1. The average Bonchev–Trinajstić information content (AvgIpc) is 3.14. The monoisotopic (exact) mass is 279 g/mol. The molecule has 0 spiro atoms. The van der Waals surface area contributed by atoms with Gasteiger partial charge in [-0.1, -0.05) is 42.5 Å². The van der Waals surface area contributed by atoms with Crippen molar-refractivity contribution in [3.63, 3.8) is 0 Å². The van der Waals surface area contributed by atoms with Crippen LogP contribution in [0, 0.1) is 17.8 Å². The molecule has 1 N–H and O–H groups in total. The molecule has 1 amide bonds. The van der Waals surface area contributed by atoms with E-state index in [9.17, 15) is 4.79 Å². The summed E-state index contributed by atoms with van der Waals surface area (Å²) in [6.45, 7) is 0. The molecule has 108 valence electrons. The SMILES string of the molecule is CNC(=O)[C@H]1[C@H]2CC[C@@H](C2)[C@@H]1c1ccc2ccccc2c1. The van der Waals surface area contributed by atoms with E-state index in [1.807, 2.05) is 0 Å². The molecule has 0 heterocycles. The first kappa shape index (κ1) is 12.9. The lowest BCUT2D eigenvalue weighted by molar-refractivity contribution is -0.126. The minimum atomic E-state index is 0.176. The molecule has 21 heavy (non-hydrogen) atoms. The summed E-state index contributed by atoms with van der Waals surface area (Å²) in [5, 5.41) is 5.45. The Bertz CT molecular complexity index is 693. The zero-order valence-electron chi connectivity index (χ0n) is 12.4. The van der Waals surface area contributed by atoms with Gasteiger partial charge in [0, 0.05) is 13.0 Å².